The molecule has 0 saturated heterocycles. The average Bonchev–Trinajstić information content (AvgIpc) is 3.15. The van der Waals surface area contributed by atoms with Crippen molar-refractivity contribution in [2.45, 2.75) is 6.54 Å². The predicted octanol–water partition coefficient (Wildman–Crippen LogP) is 1.78. The van der Waals surface area contributed by atoms with Crippen molar-refractivity contribution in [2.24, 2.45) is 14.0 Å². The number of aryl methyl sites for hydroxylation is 2. The number of pyridine rings is 2. The Hall–Kier alpha value is -2.69. The molecule has 1 aliphatic rings. The lowest BCUT2D eigenvalue weighted by Crippen LogP contribution is -2.31. The fraction of sp³-hybridized carbons (Fsp3) is 0.188. The lowest BCUT2D eigenvalue weighted by atomic mass is 10.2. The molecule has 0 unspecified atom stereocenters. The molecular weight excluding hydrogens is 262 g/mol. The third-order valence-corrected chi connectivity index (χ3v) is 4.32. The molecule has 0 radical (unpaired) electrons. The van der Waals surface area contributed by atoms with Gasteiger partial charge in [-0.2, -0.15) is 0 Å². The van der Waals surface area contributed by atoms with E-state index in [1.807, 2.05) is 29.8 Å². The number of nitrogens with zero attached hydrogens (tertiary/aromatic N) is 5. The zero-order valence-electron chi connectivity index (χ0n) is 14.4. The average molecular weight is 279 g/mol. The van der Waals surface area contributed by atoms with Gasteiger partial charge in [0.15, 0.2) is 5.52 Å². The fourth-order valence-corrected chi connectivity index (χ4v) is 3.43. The van der Waals surface area contributed by atoms with Crippen molar-refractivity contribution < 1.29 is 8.68 Å². The summed E-state index contributed by atoms with van der Waals surface area (Å²) < 4.78 is 29.6. The second-order valence-electron chi connectivity index (χ2n) is 5.38. The number of hydrogen-bond acceptors (Lipinski definition) is 2. The van der Waals surface area contributed by atoms with Crippen molar-refractivity contribution in [1.82, 2.24) is 19.1 Å². The Morgan fingerprint density at radius 1 is 1.33 bits per heavy atom. The third-order valence-electron chi connectivity index (χ3n) is 4.32. The number of fused-ring (bicyclic) bond motifs is 7. The van der Waals surface area contributed by atoms with Crippen LogP contribution in [0.1, 0.15) is 9.68 Å². The highest BCUT2D eigenvalue weighted by Crippen LogP contribution is 2.35. The topological polar surface area (TPSA) is 39.5 Å². The lowest BCUT2D eigenvalue weighted by molar-refractivity contribution is -0.636. The SMILES string of the molecule is [2H]C([2H])([2H])[n+]1c2n(c3c4cccnc4n(C)c31)Cc1ccncc1-2. The number of imidazole rings is 1. The highest BCUT2D eigenvalue weighted by molar-refractivity contribution is 6.03. The molecule has 0 bridgehead atoms. The minimum atomic E-state index is -2.29. The highest BCUT2D eigenvalue weighted by atomic mass is 15.2. The van der Waals surface area contributed by atoms with Gasteiger partial charge >= 0.3 is 0 Å². The fourth-order valence-electron chi connectivity index (χ4n) is 3.43. The molecule has 5 heteroatoms. The van der Waals surface area contributed by atoms with Crippen LogP contribution in [0.3, 0.4) is 0 Å². The first-order chi connectivity index (χ1) is 11.5. The van der Waals surface area contributed by atoms with E-state index in [-0.39, 0.29) is 0 Å². The molecular formula is C16H14N5+. The number of aromatic nitrogens is 5. The van der Waals surface area contributed by atoms with Gasteiger partial charge in [-0.3, -0.25) is 4.98 Å². The quantitative estimate of drug-likeness (QED) is 0.405. The molecule has 1 aliphatic heterocycles. The van der Waals surface area contributed by atoms with Crippen LogP contribution in [0.15, 0.2) is 36.8 Å². The maximum Gasteiger partial charge on any atom is 0.270 e. The first kappa shape index (κ1) is 8.56. The van der Waals surface area contributed by atoms with Crippen molar-refractivity contribution >= 4 is 22.2 Å². The molecule has 0 atom stereocenters. The third kappa shape index (κ3) is 1.15. The summed E-state index contributed by atoms with van der Waals surface area (Å²) >= 11 is 0. The highest BCUT2D eigenvalue weighted by Gasteiger charge is 2.34. The van der Waals surface area contributed by atoms with Crippen LogP contribution in [-0.4, -0.2) is 19.1 Å². The summed E-state index contributed by atoms with van der Waals surface area (Å²) in [6.45, 7) is -1.65. The van der Waals surface area contributed by atoms with Gasteiger partial charge in [0.05, 0.1) is 35.6 Å². The van der Waals surface area contributed by atoms with Crippen LogP contribution in [0.5, 0.6) is 0 Å². The van der Waals surface area contributed by atoms with Gasteiger partial charge in [-0.25, -0.2) is 18.7 Å². The van der Waals surface area contributed by atoms with Gasteiger partial charge in [-0.15, -0.1) is 0 Å². The molecule has 5 rings (SSSR count). The minimum absolute atomic E-state index is 0.640. The molecule has 21 heavy (non-hydrogen) atoms. The van der Waals surface area contributed by atoms with E-state index < -0.39 is 6.98 Å². The smallest absolute Gasteiger partial charge is 0.264 e. The number of hydrogen-bond donors (Lipinski definition) is 0. The Morgan fingerprint density at radius 2 is 2.29 bits per heavy atom. The van der Waals surface area contributed by atoms with Crippen molar-refractivity contribution in [1.29, 1.82) is 0 Å². The van der Waals surface area contributed by atoms with Crippen LogP contribution in [0.2, 0.25) is 0 Å². The van der Waals surface area contributed by atoms with Crippen LogP contribution in [0.4, 0.5) is 0 Å². The van der Waals surface area contributed by atoms with Crippen LogP contribution in [0, 0.1) is 0 Å². The summed E-state index contributed by atoms with van der Waals surface area (Å²) in [5, 5.41) is 0.958. The predicted molar refractivity (Wildman–Crippen MR) is 79.7 cm³/mol. The second kappa shape index (κ2) is 3.49. The Labute approximate surface area is 125 Å². The second-order valence-corrected chi connectivity index (χ2v) is 5.38. The molecule has 0 aromatic carbocycles. The van der Waals surface area contributed by atoms with Gasteiger partial charge in [-0.1, -0.05) is 0 Å². The van der Waals surface area contributed by atoms with Gasteiger partial charge in [0, 0.05) is 24.2 Å². The molecule has 0 fully saturated rings. The largest absolute Gasteiger partial charge is 0.270 e. The molecule has 0 saturated carbocycles. The molecule has 102 valence electrons. The van der Waals surface area contributed by atoms with Crippen LogP contribution in [0.25, 0.3) is 33.6 Å². The van der Waals surface area contributed by atoms with E-state index in [0.717, 1.165) is 27.7 Å². The molecule has 4 aromatic heterocycles. The maximum atomic E-state index is 8.08. The van der Waals surface area contributed by atoms with E-state index in [1.54, 1.807) is 18.6 Å². The molecule has 5 nitrogen and oxygen atoms in total. The molecule has 5 heterocycles. The standard InChI is InChI=1S/C16H14N5/c1-19-14-11(4-3-6-18-14)13-16(19)20(2)15-12-8-17-7-5-10(12)9-21(13)15/h3-8H,9H2,1-2H3/q+1/i2D3. The van der Waals surface area contributed by atoms with E-state index in [2.05, 4.69) is 14.5 Å². The minimum Gasteiger partial charge on any atom is -0.264 e. The first-order valence-corrected chi connectivity index (χ1v) is 6.80. The van der Waals surface area contributed by atoms with E-state index in [9.17, 15) is 0 Å². The van der Waals surface area contributed by atoms with E-state index in [4.69, 9.17) is 4.11 Å². The number of rotatable bonds is 0. The summed E-state index contributed by atoms with van der Waals surface area (Å²) in [6.07, 6.45) is 5.22. The Bertz CT molecular complexity index is 1140. The Morgan fingerprint density at radius 3 is 3.19 bits per heavy atom. The summed E-state index contributed by atoms with van der Waals surface area (Å²) in [5.74, 6) is 0.685. The van der Waals surface area contributed by atoms with E-state index >= 15 is 0 Å². The monoisotopic (exact) mass is 279 g/mol. The van der Waals surface area contributed by atoms with Gasteiger partial charge in [0.2, 0.25) is 11.5 Å². The van der Waals surface area contributed by atoms with Crippen molar-refractivity contribution in [2.75, 3.05) is 0 Å². The van der Waals surface area contributed by atoms with Gasteiger partial charge in [0.25, 0.3) is 5.65 Å². The molecule has 0 aliphatic carbocycles. The molecule has 0 N–H and O–H groups in total. The first-order valence-electron chi connectivity index (χ1n) is 8.30. The lowest BCUT2D eigenvalue weighted by Gasteiger charge is -1.97. The van der Waals surface area contributed by atoms with Gasteiger partial charge < -0.3 is 0 Å². The summed E-state index contributed by atoms with van der Waals surface area (Å²) in [6, 6.07) is 5.81. The van der Waals surface area contributed by atoms with Crippen LogP contribution < -0.4 is 4.57 Å². The summed E-state index contributed by atoms with van der Waals surface area (Å²) in [7, 11) is 1.86. The Balaban J connectivity index is 2.05. The van der Waals surface area contributed by atoms with Crippen molar-refractivity contribution in [3.05, 3.63) is 42.4 Å². The van der Waals surface area contributed by atoms with Gasteiger partial charge in [0.1, 0.15) is 0 Å². The maximum absolute atomic E-state index is 8.08. The van der Waals surface area contributed by atoms with E-state index in [0.29, 0.717) is 18.0 Å². The van der Waals surface area contributed by atoms with Crippen LogP contribution in [-0.2, 0) is 20.6 Å². The van der Waals surface area contributed by atoms with E-state index in [1.165, 1.54) is 4.57 Å². The summed E-state index contributed by atoms with van der Waals surface area (Å²) in [5.41, 5.74) is 4.31. The molecule has 0 spiro atoms. The zero-order valence-corrected chi connectivity index (χ0v) is 11.4. The van der Waals surface area contributed by atoms with Crippen molar-refractivity contribution in [3.8, 4) is 11.4 Å². The molecule has 4 aromatic rings. The van der Waals surface area contributed by atoms with Crippen molar-refractivity contribution in [3.63, 3.8) is 0 Å². The molecule has 0 amide bonds. The van der Waals surface area contributed by atoms with Crippen LogP contribution >= 0.6 is 0 Å². The van der Waals surface area contributed by atoms with Gasteiger partial charge in [-0.05, 0) is 18.2 Å². The summed E-state index contributed by atoms with van der Waals surface area (Å²) in [4.78, 5) is 8.62. The zero-order chi connectivity index (χ0) is 16.6. The Kier molecular flexibility index (Phi) is 1.42. The normalized spacial score (nSPS) is 15.8.